The number of hydrogen-bond acceptors (Lipinski definition) is 3. The van der Waals surface area contributed by atoms with E-state index < -0.39 is 0 Å². The fourth-order valence-corrected chi connectivity index (χ4v) is 2.42. The Kier molecular flexibility index (Phi) is 2.83. The molecule has 3 heteroatoms. The molecule has 20 heavy (non-hydrogen) atoms. The Hall–Kier alpha value is -2.55. The van der Waals surface area contributed by atoms with Crippen molar-refractivity contribution in [2.45, 2.75) is 13.8 Å². The summed E-state index contributed by atoms with van der Waals surface area (Å²) in [5.41, 5.74) is 9.76. The number of aryl methyl sites for hydroxylation is 2. The molecule has 0 saturated heterocycles. The Balaban J connectivity index is 2.15. The topological polar surface area (TPSA) is 56.2 Å². The van der Waals surface area contributed by atoms with E-state index in [0.29, 0.717) is 16.8 Å². The standard InChI is InChI=1S/C17H15NO2/c1-10-7-8-12(11(2)9-10)16(19)17-15(18)13-5-3-4-6-14(13)20-17/h3-9H,18H2,1-2H3. The number of fused-ring (bicyclic) bond motifs is 1. The van der Waals surface area contributed by atoms with E-state index in [-0.39, 0.29) is 11.5 Å². The van der Waals surface area contributed by atoms with Gasteiger partial charge in [-0.15, -0.1) is 0 Å². The predicted molar refractivity (Wildman–Crippen MR) is 80.0 cm³/mol. The second kappa shape index (κ2) is 4.53. The summed E-state index contributed by atoms with van der Waals surface area (Å²) in [5, 5.41) is 0.778. The van der Waals surface area contributed by atoms with Crippen LogP contribution in [0.1, 0.15) is 27.2 Å². The molecule has 100 valence electrons. The minimum atomic E-state index is -0.170. The smallest absolute Gasteiger partial charge is 0.230 e. The number of hydrogen-bond donors (Lipinski definition) is 1. The first-order valence-electron chi connectivity index (χ1n) is 6.47. The minimum Gasteiger partial charge on any atom is -0.450 e. The Labute approximate surface area is 117 Å². The number of furan rings is 1. The zero-order valence-electron chi connectivity index (χ0n) is 11.4. The summed E-state index contributed by atoms with van der Waals surface area (Å²) in [4.78, 5) is 12.6. The average Bonchev–Trinajstić information content (AvgIpc) is 2.76. The van der Waals surface area contributed by atoms with Crippen molar-refractivity contribution in [2.24, 2.45) is 0 Å². The highest BCUT2D eigenvalue weighted by atomic mass is 16.3. The van der Waals surface area contributed by atoms with E-state index in [1.165, 1.54) is 0 Å². The molecule has 1 aromatic heterocycles. The molecule has 0 aliphatic heterocycles. The normalized spacial score (nSPS) is 10.9. The van der Waals surface area contributed by atoms with Crippen molar-refractivity contribution >= 4 is 22.4 Å². The van der Waals surface area contributed by atoms with Crippen molar-refractivity contribution in [3.8, 4) is 0 Å². The third kappa shape index (κ3) is 1.88. The highest BCUT2D eigenvalue weighted by molar-refractivity contribution is 6.14. The van der Waals surface area contributed by atoms with Crippen molar-refractivity contribution in [3.05, 3.63) is 64.9 Å². The molecule has 0 radical (unpaired) electrons. The summed E-state index contributed by atoms with van der Waals surface area (Å²) in [5.74, 6) is 0.0503. The lowest BCUT2D eigenvalue weighted by Gasteiger charge is -2.04. The maximum Gasteiger partial charge on any atom is 0.230 e. The first-order chi connectivity index (χ1) is 9.58. The Morgan fingerprint density at radius 2 is 1.85 bits per heavy atom. The number of nitrogens with two attached hydrogens (primary N) is 1. The predicted octanol–water partition coefficient (Wildman–Crippen LogP) is 3.86. The van der Waals surface area contributed by atoms with E-state index in [2.05, 4.69) is 0 Å². The molecule has 2 N–H and O–H groups in total. The van der Waals surface area contributed by atoms with Crippen LogP contribution in [-0.4, -0.2) is 5.78 Å². The van der Waals surface area contributed by atoms with Crippen LogP contribution in [0.5, 0.6) is 0 Å². The number of benzene rings is 2. The lowest BCUT2D eigenvalue weighted by atomic mass is 10.0. The molecule has 1 heterocycles. The van der Waals surface area contributed by atoms with Gasteiger partial charge in [0, 0.05) is 10.9 Å². The summed E-state index contributed by atoms with van der Waals surface area (Å²) >= 11 is 0. The van der Waals surface area contributed by atoms with Gasteiger partial charge in [-0.2, -0.15) is 0 Å². The van der Waals surface area contributed by atoms with Crippen molar-refractivity contribution in [1.82, 2.24) is 0 Å². The molecule has 0 saturated carbocycles. The molecular weight excluding hydrogens is 250 g/mol. The Bertz CT molecular complexity index is 815. The van der Waals surface area contributed by atoms with Crippen LogP contribution in [0.4, 0.5) is 5.69 Å². The van der Waals surface area contributed by atoms with Crippen LogP contribution >= 0.6 is 0 Å². The van der Waals surface area contributed by atoms with Crippen molar-refractivity contribution in [3.63, 3.8) is 0 Å². The van der Waals surface area contributed by atoms with Gasteiger partial charge in [-0.05, 0) is 31.5 Å². The number of rotatable bonds is 2. The van der Waals surface area contributed by atoms with Gasteiger partial charge < -0.3 is 10.2 Å². The lowest BCUT2D eigenvalue weighted by Crippen LogP contribution is -2.05. The highest BCUT2D eigenvalue weighted by Gasteiger charge is 2.21. The van der Waals surface area contributed by atoms with E-state index in [1.807, 2.05) is 56.3 Å². The summed E-state index contributed by atoms with van der Waals surface area (Å²) in [6.45, 7) is 3.91. The fourth-order valence-electron chi connectivity index (χ4n) is 2.42. The van der Waals surface area contributed by atoms with Crippen molar-refractivity contribution in [1.29, 1.82) is 0 Å². The summed E-state index contributed by atoms with van der Waals surface area (Å²) in [6, 6.07) is 13.1. The first-order valence-corrected chi connectivity index (χ1v) is 6.47. The number of para-hydroxylation sites is 1. The highest BCUT2D eigenvalue weighted by Crippen LogP contribution is 2.30. The molecule has 0 spiro atoms. The van der Waals surface area contributed by atoms with Crippen LogP contribution < -0.4 is 5.73 Å². The van der Waals surface area contributed by atoms with Crippen LogP contribution in [-0.2, 0) is 0 Å². The third-order valence-electron chi connectivity index (χ3n) is 3.47. The SMILES string of the molecule is Cc1ccc(C(=O)c2oc3ccccc3c2N)c(C)c1. The van der Waals surface area contributed by atoms with Crippen molar-refractivity contribution < 1.29 is 9.21 Å². The third-order valence-corrected chi connectivity index (χ3v) is 3.47. The summed E-state index contributed by atoms with van der Waals surface area (Å²) in [6.07, 6.45) is 0. The summed E-state index contributed by atoms with van der Waals surface area (Å²) in [7, 11) is 0. The van der Waals surface area contributed by atoms with E-state index in [9.17, 15) is 4.79 Å². The first kappa shape index (κ1) is 12.5. The number of anilines is 1. The average molecular weight is 265 g/mol. The molecule has 0 fully saturated rings. The largest absolute Gasteiger partial charge is 0.450 e. The molecule has 0 unspecified atom stereocenters. The van der Waals surface area contributed by atoms with Gasteiger partial charge in [-0.25, -0.2) is 0 Å². The lowest BCUT2D eigenvalue weighted by molar-refractivity contribution is 0.101. The molecular formula is C17H15NO2. The van der Waals surface area contributed by atoms with E-state index in [0.717, 1.165) is 16.5 Å². The molecule has 0 bridgehead atoms. The second-order valence-corrected chi connectivity index (χ2v) is 4.99. The van der Waals surface area contributed by atoms with Gasteiger partial charge >= 0.3 is 0 Å². The second-order valence-electron chi connectivity index (χ2n) is 4.99. The van der Waals surface area contributed by atoms with E-state index >= 15 is 0 Å². The molecule has 0 aliphatic rings. The molecule has 3 nitrogen and oxygen atoms in total. The Morgan fingerprint density at radius 3 is 2.55 bits per heavy atom. The minimum absolute atomic E-state index is 0.170. The van der Waals surface area contributed by atoms with Gasteiger partial charge in [0.2, 0.25) is 5.78 Å². The zero-order chi connectivity index (χ0) is 14.3. The molecule has 2 aromatic carbocycles. The van der Waals surface area contributed by atoms with Gasteiger partial charge in [-0.1, -0.05) is 35.9 Å². The number of ketones is 1. The number of carbonyl (C=O) groups is 1. The molecule has 0 amide bonds. The maximum atomic E-state index is 12.6. The molecule has 0 atom stereocenters. The van der Waals surface area contributed by atoms with Gasteiger partial charge in [0.15, 0.2) is 5.76 Å². The van der Waals surface area contributed by atoms with Crippen LogP contribution in [0.25, 0.3) is 11.0 Å². The van der Waals surface area contributed by atoms with Gasteiger partial charge in [0.1, 0.15) is 5.58 Å². The maximum absolute atomic E-state index is 12.6. The van der Waals surface area contributed by atoms with E-state index in [4.69, 9.17) is 10.2 Å². The summed E-state index contributed by atoms with van der Waals surface area (Å²) < 4.78 is 5.63. The van der Waals surface area contributed by atoms with Gasteiger partial charge in [-0.3, -0.25) is 4.79 Å². The van der Waals surface area contributed by atoms with E-state index in [1.54, 1.807) is 0 Å². The van der Waals surface area contributed by atoms with Crippen molar-refractivity contribution in [2.75, 3.05) is 5.73 Å². The van der Waals surface area contributed by atoms with Gasteiger partial charge in [0.25, 0.3) is 0 Å². The number of carbonyl (C=O) groups excluding carboxylic acids is 1. The zero-order valence-corrected chi connectivity index (χ0v) is 11.4. The number of nitrogen functional groups attached to an aromatic ring is 1. The van der Waals surface area contributed by atoms with Crippen LogP contribution in [0.3, 0.4) is 0 Å². The van der Waals surface area contributed by atoms with Crippen LogP contribution in [0.2, 0.25) is 0 Å². The fraction of sp³-hybridized carbons (Fsp3) is 0.118. The van der Waals surface area contributed by atoms with Crippen LogP contribution in [0.15, 0.2) is 46.9 Å². The molecule has 0 aliphatic carbocycles. The van der Waals surface area contributed by atoms with Gasteiger partial charge in [0.05, 0.1) is 5.69 Å². The molecule has 3 rings (SSSR count). The molecule has 3 aromatic rings. The Morgan fingerprint density at radius 1 is 1.10 bits per heavy atom. The quantitative estimate of drug-likeness (QED) is 0.716. The monoisotopic (exact) mass is 265 g/mol. The van der Waals surface area contributed by atoms with Crippen LogP contribution in [0, 0.1) is 13.8 Å².